The fourth-order valence-electron chi connectivity index (χ4n) is 1.05. The predicted molar refractivity (Wildman–Crippen MR) is 49.4 cm³/mol. The predicted octanol–water partition coefficient (Wildman–Crippen LogP) is 2.57. The molecule has 13 heavy (non-hydrogen) atoms. The molecule has 0 fully saturated rings. The van der Waals surface area contributed by atoms with Crippen molar-refractivity contribution >= 4 is 17.3 Å². The van der Waals surface area contributed by atoms with Gasteiger partial charge in [-0.05, 0) is 13.0 Å². The maximum Gasteiger partial charge on any atom is 0.311 e. The van der Waals surface area contributed by atoms with Gasteiger partial charge in [0.2, 0.25) is 5.75 Å². The SMILES string of the molecule is COc1c([N+](=O)[O-])ccc(Cl)c1C. The lowest BCUT2D eigenvalue weighted by atomic mass is 10.2. The molecule has 0 aliphatic rings. The molecule has 0 amide bonds. The van der Waals surface area contributed by atoms with Gasteiger partial charge in [-0.15, -0.1) is 0 Å². The van der Waals surface area contributed by atoms with E-state index in [1.54, 1.807) is 6.92 Å². The second-order valence-electron chi connectivity index (χ2n) is 2.48. The molecule has 0 radical (unpaired) electrons. The van der Waals surface area contributed by atoms with Gasteiger partial charge < -0.3 is 4.74 Å². The highest BCUT2D eigenvalue weighted by atomic mass is 35.5. The lowest BCUT2D eigenvalue weighted by Crippen LogP contribution is -1.95. The Morgan fingerprint density at radius 3 is 2.62 bits per heavy atom. The molecule has 0 atom stereocenters. The molecule has 0 aromatic heterocycles. The minimum atomic E-state index is -0.498. The Labute approximate surface area is 80.2 Å². The molecule has 0 N–H and O–H groups in total. The summed E-state index contributed by atoms with van der Waals surface area (Å²) in [4.78, 5) is 10.0. The summed E-state index contributed by atoms with van der Waals surface area (Å²) >= 11 is 5.77. The molecule has 1 aromatic carbocycles. The number of halogens is 1. The van der Waals surface area contributed by atoms with Gasteiger partial charge in [-0.1, -0.05) is 11.6 Å². The molecule has 1 aromatic rings. The molecule has 0 aliphatic heterocycles. The van der Waals surface area contributed by atoms with Crippen LogP contribution in [-0.2, 0) is 0 Å². The fraction of sp³-hybridized carbons (Fsp3) is 0.250. The smallest absolute Gasteiger partial charge is 0.311 e. The van der Waals surface area contributed by atoms with Crippen LogP contribution in [0.2, 0.25) is 5.02 Å². The van der Waals surface area contributed by atoms with Gasteiger partial charge in [-0.2, -0.15) is 0 Å². The van der Waals surface area contributed by atoms with Crippen molar-refractivity contribution in [2.45, 2.75) is 6.92 Å². The molecule has 5 heteroatoms. The molecule has 0 aliphatic carbocycles. The zero-order valence-corrected chi connectivity index (χ0v) is 7.96. The summed E-state index contributed by atoms with van der Waals surface area (Å²) in [6.07, 6.45) is 0. The van der Waals surface area contributed by atoms with Crippen LogP contribution in [0, 0.1) is 17.0 Å². The number of nitrogens with zero attached hydrogens (tertiary/aromatic N) is 1. The maximum atomic E-state index is 10.5. The van der Waals surface area contributed by atoms with Crippen LogP contribution in [0.5, 0.6) is 5.75 Å². The van der Waals surface area contributed by atoms with Crippen LogP contribution in [-0.4, -0.2) is 12.0 Å². The van der Waals surface area contributed by atoms with Gasteiger partial charge >= 0.3 is 5.69 Å². The second kappa shape index (κ2) is 3.62. The summed E-state index contributed by atoms with van der Waals surface area (Å²) in [5, 5.41) is 11.0. The van der Waals surface area contributed by atoms with Crippen molar-refractivity contribution in [3.05, 3.63) is 32.8 Å². The van der Waals surface area contributed by atoms with Crippen LogP contribution >= 0.6 is 11.6 Å². The highest BCUT2D eigenvalue weighted by Gasteiger charge is 2.17. The van der Waals surface area contributed by atoms with E-state index < -0.39 is 4.92 Å². The van der Waals surface area contributed by atoms with Gasteiger partial charge in [-0.25, -0.2) is 0 Å². The van der Waals surface area contributed by atoms with E-state index in [1.807, 2.05) is 0 Å². The van der Waals surface area contributed by atoms with Crippen molar-refractivity contribution in [3.63, 3.8) is 0 Å². The molecule has 0 bridgehead atoms. The van der Waals surface area contributed by atoms with Gasteiger partial charge in [-0.3, -0.25) is 10.1 Å². The molecule has 4 nitrogen and oxygen atoms in total. The van der Waals surface area contributed by atoms with Gasteiger partial charge in [0.1, 0.15) is 0 Å². The molecular formula is C8H8ClNO3. The minimum Gasteiger partial charge on any atom is -0.490 e. The zero-order chi connectivity index (χ0) is 10.0. The zero-order valence-electron chi connectivity index (χ0n) is 7.20. The summed E-state index contributed by atoms with van der Waals surface area (Å²) in [5.41, 5.74) is 0.516. The largest absolute Gasteiger partial charge is 0.490 e. The lowest BCUT2D eigenvalue weighted by Gasteiger charge is -2.05. The highest BCUT2D eigenvalue weighted by Crippen LogP contribution is 2.34. The molecule has 0 saturated heterocycles. The van der Waals surface area contributed by atoms with Gasteiger partial charge in [0.05, 0.1) is 12.0 Å². The second-order valence-corrected chi connectivity index (χ2v) is 2.89. The topological polar surface area (TPSA) is 52.4 Å². The number of methoxy groups -OCH3 is 1. The van der Waals surface area contributed by atoms with E-state index in [0.29, 0.717) is 10.6 Å². The first kappa shape index (κ1) is 9.80. The summed E-state index contributed by atoms with van der Waals surface area (Å²) in [6, 6.07) is 2.81. The van der Waals surface area contributed by atoms with E-state index in [-0.39, 0.29) is 11.4 Å². The number of hydrogen-bond donors (Lipinski definition) is 0. The van der Waals surface area contributed by atoms with E-state index >= 15 is 0 Å². The van der Waals surface area contributed by atoms with Gasteiger partial charge in [0.15, 0.2) is 0 Å². The van der Waals surface area contributed by atoms with Crippen LogP contribution in [0.4, 0.5) is 5.69 Å². The van der Waals surface area contributed by atoms with Crippen molar-refractivity contribution in [2.24, 2.45) is 0 Å². The number of benzene rings is 1. The van der Waals surface area contributed by atoms with E-state index in [9.17, 15) is 10.1 Å². The number of nitro groups is 1. The molecule has 1 rings (SSSR count). The summed E-state index contributed by atoms with van der Waals surface area (Å²) in [6.45, 7) is 1.67. The third kappa shape index (κ3) is 1.72. The molecule has 70 valence electrons. The number of ether oxygens (including phenoxy) is 1. The quantitative estimate of drug-likeness (QED) is 0.546. The standard InChI is InChI=1S/C8H8ClNO3/c1-5-6(9)3-4-7(10(11)12)8(5)13-2/h3-4H,1-2H3. The van der Waals surface area contributed by atoms with E-state index in [2.05, 4.69) is 0 Å². The number of nitro benzene ring substituents is 1. The Hall–Kier alpha value is -1.29. The normalized spacial score (nSPS) is 9.77. The third-order valence-electron chi connectivity index (χ3n) is 1.72. The first-order valence-electron chi connectivity index (χ1n) is 3.55. The third-order valence-corrected chi connectivity index (χ3v) is 2.13. The van der Waals surface area contributed by atoms with E-state index in [1.165, 1.54) is 19.2 Å². The Bertz CT molecular complexity index is 351. The highest BCUT2D eigenvalue weighted by molar-refractivity contribution is 6.31. The number of rotatable bonds is 2. The van der Waals surface area contributed by atoms with Crippen molar-refractivity contribution in [3.8, 4) is 5.75 Å². The van der Waals surface area contributed by atoms with Crippen LogP contribution in [0.25, 0.3) is 0 Å². The van der Waals surface area contributed by atoms with Gasteiger partial charge in [0, 0.05) is 16.7 Å². The van der Waals surface area contributed by atoms with Crippen LogP contribution in [0.15, 0.2) is 12.1 Å². The van der Waals surface area contributed by atoms with Crippen LogP contribution < -0.4 is 4.74 Å². The Balaban J connectivity index is 3.38. The monoisotopic (exact) mass is 201 g/mol. The molecule has 0 spiro atoms. The lowest BCUT2D eigenvalue weighted by molar-refractivity contribution is -0.385. The van der Waals surface area contributed by atoms with Gasteiger partial charge in [0.25, 0.3) is 0 Å². The van der Waals surface area contributed by atoms with Crippen LogP contribution in [0.3, 0.4) is 0 Å². The summed E-state index contributed by atoms with van der Waals surface area (Å²) in [5.74, 6) is 0.220. The molecular weight excluding hydrogens is 194 g/mol. The first-order chi connectivity index (χ1) is 6.07. The van der Waals surface area contributed by atoms with Crippen molar-refractivity contribution in [2.75, 3.05) is 7.11 Å². The first-order valence-corrected chi connectivity index (χ1v) is 3.93. The fourth-order valence-corrected chi connectivity index (χ4v) is 1.20. The van der Waals surface area contributed by atoms with Crippen LogP contribution in [0.1, 0.15) is 5.56 Å². The molecule has 0 saturated carbocycles. The summed E-state index contributed by atoms with van der Waals surface area (Å²) in [7, 11) is 1.38. The molecule has 0 heterocycles. The maximum absolute atomic E-state index is 10.5. The van der Waals surface area contributed by atoms with Crippen molar-refractivity contribution < 1.29 is 9.66 Å². The Kier molecular flexibility index (Phi) is 2.72. The number of hydrogen-bond acceptors (Lipinski definition) is 3. The Morgan fingerprint density at radius 2 is 2.15 bits per heavy atom. The average Bonchev–Trinajstić information content (AvgIpc) is 2.09. The Morgan fingerprint density at radius 1 is 1.54 bits per heavy atom. The van der Waals surface area contributed by atoms with Crippen molar-refractivity contribution in [1.29, 1.82) is 0 Å². The molecule has 0 unspecified atom stereocenters. The van der Waals surface area contributed by atoms with E-state index in [0.717, 1.165) is 0 Å². The minimum absolute atomic E-state index is 0.0654. The van der Waals surface area contributed by atoms with E-state index in [4.69, 9.17) is 16.3 Å². The average molecular weight is 202 g/mol. The summed E-state index contributed by atoms with van der Waals surface area (Å²) < 4.78 is 4.89. The van der Waals surface area contributed by atoms with Crippen molar-refractivity contribution in [1.82, 2.24) is 0 Å².